The molecule has 0 radical (unpaired) electrons. The highest BCUT2D eigenvalue weighted by Gasteiger charge is 2.19. The summed E-state index contributed by atoms with van der Waals surface area (Å²) in [4.78, 5) is 19.1. The molecule has 0 aromatic carbocycles. The third kappa shape index (κ3) is 4.91. The maximum atomic E-state index is 6.21. The summed E-state index contributed by atoms with van der Waals surface area (Å²) >= 11 is 7.87. The molecule has 3 aromatic heterocycles. The third-order valence-electron chi connectivity index (χ3n) is 5.42. The molecule has 2 saturated heterocycles. The first-order valence-electron chi connectivity index (χ1n) is 10.5. The molecule has 8 nitrogen and oxygen atoms in total. The van der Waals surface area contributed by atoms with Crippen molar-refractivity contribution >= 4 is 39.0 Å². The van der Waals surface area contributed by atoms with Gasteiger partial charge in [0.1, 0.15) is 6.61 Å². The molecule has 2 aliphatic rings. The Morgan fingerprint density at radius 2 is 1.81 bits per heavy atom. The van der Waals surface area contributed by atoms with Gasteiger partial charge in [-0.3, -0.25) is 4.90 Å². The highest BCUT2D eigenvalue weighted by molar-refractivity contribution is 7.22. The molecule has 5 heterocycles. The minimum absolute atomic E-state index is 0.264. The SMILES string of the molecule is Clc1nc(N2CCOCC2)c2sc(-c3ccc(OCCN4CCOCC4)nc3)cc2n1. The van der Waals surface area contributed by atoms with Gasteiger partial charge in [0, 0.05) is 55.4 Å². The number of nitrogens with zero attached hydrogens (tertiary/aromatic N) is 5. The fraction of sp³-hybridized carbons (Fsp3) is 0.476. The fourth-order valence-corrected chi connectivity index (χ4v) is 5.01. The van der Waals surface area contributed by atoms with Gasteiger partial charge in [-0.2, -0.15) is 4.98 Å². The first-order chi connectivity index (χ1) is 15.3. The number of rotatable bonds is 6. The van der Waals surface area contributed by atoms with E-state index in [-0.39, 0.29) is 5.28 Å². The number of thiophene rings is 1. The molecular formula is C21H24ClN5O3S. The predicted octanol–water partition coefficient (Wildman–Crippen LogP) is 2.95. The van der Waals surface area contributed by atoms with Crippen molar-refractivity contribution in [3.63, 3.8) is 0 Å². The van der Waals surface area contributed by atoms with Gasteiger partial charge in [0.05, 0.1) is 36.6 Å². The predicted molar refractivity (Wildman–Crippen MR) is 121 cm³/mol. The van der Waals surface area contributed by atoms with Crippen LogP contribution in [0.3, 0.4) is 0 Å². The van der Waals surface area contributed by atoms with Crippen LogP contribution in [0.15, 0.2) is 24.4 Å². The number of halogens is 1. The van der Waals surface area contributed by atoms with E-state index in [1.807, 2.05) is 24.4 Å². The Hall–Kier alpha value is -2.04. The van der Waals surface area contributed by atoms with E-state index in [9.17, 15) is 0 Å². The Bertz CT molecular complexity index is 1020. The number of hydrogen-bond donors (Lipinski definition) is 0. The number of aromatic nitrogens is 3. The summed E-state index contributed by atoms with van der Waals surface area (Å²) in [6.07, 6.45) is 1.85. The van der Waals surface area contributed by atoms with Gasteiger partial charge in [0.2, 0.25) is 11.2 Å². The fourth-order valence-electron chi connectivity index (χ4n) is 3.73. The molecule has 0 amide bonds. The average Bonchev–Trinajstić information content (AvgIpc) is 3.24. The molecule has 31 heavy (non-hydrogen) atoms. The molecule has 2 aliphatic heterocycles. The van der Waals surface area contributed by atoms with Crippen molar-refractivity contribution in [2.75, 3.05) is 70.7 Å². The Labute approximate surface area is 189 Å². The molecule has 0 atom stereocenters. The molecule has 0 aliphatic carbocycles. The monoisotopic (exact) mass is 461 g/mol. The van der Waals surface area contributed by atoms with Gasteiger partial charge in [0.25, 0.3) is 0 Å². The smallest absolute Gasteiger partial charge is 0.224 e. The van der Waals surface area contributed by atoms with Crippen molar-refractivity contribution in [3.05, 3.63) is 29.7 Å². The van der Waals surface area contributed by atoms with E-state index < -0.39 is 0 Å². The van der Waals surface area contributed by atoms with Gasteiger partial charge in [-0.1, -0.05) is 0 Å². The van der Waals surface area contributed by atoms with Crippen LogP contribution in [-0.4, -0.2) is 85.6 Å². The molecule has 0 saturated carbocycles. The maximum Gasteiger partial charge on any atom is 0.224 e. The van der Waals surface area contributed by atoms with Gasteiger partial charge >= 0.3 is 0 Å². The Morgan fingerprint density at radius 1 is 1.03 bits per heavy atom. The van der Waals surface area contributed by atoms with E-state index in [0.29, 0.717) is 25.7 Å². The minimum Gasteiger partial charge on any atom is -0.476 e. The lowest BCUT2D eigenvalue weighted by atomic mass is 10.2. The molecule has 5 rings (SSSR count). The van der Waals surface area contributed by atoms with Gasteiger partial charge in [-0.05, 0) is 23.7 Å². The molecule has 0 spiro atoms. The zero-order valence-corrected chi connectivity index (χ0v) is 18.7. The van der Waals surface area contributed by atoms with Crippen LogP contribution in [0, 0.1) is 0 Å². The van der Waals surface area contributed by atoms with Crippen LogP contribution in [0.1, 0.15) is 0 Å². The van der Waals surface area contributed by atoms with Crippen LogP contribution < -0.4 is 9.64 Å². The second kappa shape index (κ2) is 9.62. The normalized spacial score (nSPS) is 17.9. The molecule has 0 N–H and O–H groups in total. The zero-order valence-electron chi connectivity index (χ0n) is 17.1. The second-order valence-corrected chi connectivity index (χ2v) is 8.82. The van der Waals surface area contributed by atoms with Crippen molar-refractivity contribution < 1.29 is 14.2 Å². The van der Waals surface area contributed by atoms with Gasteiger partial charge < -0.3 is 19.1 Å². The standard InChI is InChI=1S/C21H24ClN5O3S/c22-21-24-16-13-17(31-19(16)20(25-21)27-6-10-29-11-7-27)15-1-2-18(23-14-15)30-12-5-26-3-8-28-9-4-26/h1-2,13-14H,3-12H2. The quantitative estimate of drug-likeness (QED) is 0.519. The van der Waals surface area contributed by atoms with Gasteiger partial charge in [-0.15, -0.1) is 11.3 Å². The van der Waals surface area contributed by atoms with Crippen molar-refractivity contribution in [1.29, 1.82) is 0 Å². The molecule has 3 aromatic rings. The van der Waals surface area contributed by atoms with E-state index in [4.69, 9.17) is 25.8 Å². The van der Waals surface area contributed by atoms with Gasteiger partial charge in [0.15, 0.2) is 5.82 Å². The van der Waals surface area contributed by atoms with E-state index in [2.05, 4.69) is 24.8 Å². The summed E-state index contributed by atoms with van der Waals surface area (Å²) in [6.45, 7) is 8.00. The highest BCUT2D eigenvalue weighted by Crippen LogP contribution is 2.38. The second-order valence-electron chi connectivity index (χ2n) is 7.43. The lowest BCUT2D eigenvalue weighted by Crippen LogP contribution is -2.38. The van der Waals surface area contributed by atoms with E-state index >= 15 is 0 Å². The number of ether oxygens (including phenoxy) is 3. The summed E-state index contributed by atoms with van der Waals surface area (Å²) < 4.78 is 17.7. The Balaban J connectivity index is 1.30. The Morgan fingerprint density at radius 3 is 2.55 bits per heavy atom. The van der Waals surface area contributed by atoms with E-state index in [1.165, 1.54) is 0 Å². The highest BCUT2D eigenvalue weighted by atomic mass is 35.5. The lowest BCUT2D eigenvalue weighted by molar-refractivity contribution is 0.0320. The average molecular weight is 462 g/mol. The van der Waals surface area contributed by atoms with Crippen molar-refractivity contribution in [2.24, 2.45) is 0 Å². The first kappa shape index (κ1) is 20.8. The Kier molecular flexibility index (Phi) is 6.47. The van der Waals surface area contributed by atoms with Crippen LogP contribution in [0.25, 0.3) is 20.7 Å². The first-order valence-corrected chi connectivity index (χ1v) is 11.6. The van der Waals surface area contributed by atoms with Crippen LogP contribution >= 0.6 is 22.9 Å². The maximum absolute atomic E-state index is 6.21. The largest absolute Gasteiger partial charge is 0.476 e. The zero-order chi connectivity index (χ0) is 21.0. The number of hydrogen-bond acceptors (Lipinski definition) is 9. The molecule has 0 bridgehead atoms. The minimum atomic E-state index is 0.264. The van der Waals surface area contributed by atoms with Crippen LogP contribution in [-0.2, 0) is 9.47 Å². The lowest BCUT2D eigenvalue weighted by Gasteiger charge is -2.28. The summed E-state index contributed by atoms with van der Waals surface area (Å²) in [5, 5.41) is 0.264. The van der Waals surface area contributed by atoms with Gasteiger partial charge in [-0.25, -0.2) is 9.97 Å². The number of pyridine rings is 1. The summed E-state index contributed by atoms with van der Waals surface area (Å²) in [5.74, 6) is 1.51. The summed E-state index contributed by atoms with van der Waals surface area (Å²) in [6, 6.07) is 6.00. The molecule has 2 fully saturated rings. The number of anilines is 1. The van der Waals surface area contributed by atoms with Crippen molar-refractivity contribution in [1.82, 2.24) is 19.9 Å². The van der Waals surface area contributed by atoms with Crippen LogP contribution in [0.2, 0.25) is 5.28 Å². The molecule has 0 unspecified atom stereocenters. The molecular weight excluding hydrogens is 438 g/mol. The summed E-state index contributed by atoms with van der Waals surface area (Å²) in [5.41, 5.74) is 1.87. The topological polar surface area (TPSA) is 72.8 Å². The summed E-state index contributed by atoms with van der Waals surface area (Å²) in [7, 11) is 0. The number of morpholine rings is 2. The molecule has 10 heteroatoms. The third-order valence-corrected chi connectivity index (χ3v) is 6.76. The van der Waals surface area contributed by atoms with E-state index in [1.54, 1.807) is 11.3 Å². The number of fused-ring (bicyclic) bond motifs is 1. The van der Waals surface area contributed by atoms with Crippen molar-refractivity contribution in [3.8, 4) is 16.3 Å². The van der Waals surface area contributed by atoms with E-state index in [0.717, 1.165) is 72.4 Å². The molecule has 164 valence electrons. The van der Waals surface area contributed by atoms with Crippen molar-refractivity contribution in [2.45, 2.75) is 0 Å². The van der Waals surface area contributed by atoms with Crippen LogP contribution in [0.4, 0.5) is 5.82 Å². The van der Waals surface area contributed by atoms with Crippen LogP contribution in [0.5, 0.6) is 5.88 Å².